The first-order chi connectivity index (χ1) is 8.26. The van der Waals surface area contributed by atoms with E-state index in [4.69, 9.17) is 5.84 Å². The molecule has 1 unspecified atom stereocenters. The molecule has 3 N–H and O–H groups in total. The molecular formula is C12H18N4S. The molecule has 0 bridgehead atoms. The Hall–Kier alpha value is -1.17. The van der Waals surface area contributed by atoms with Gasteiger partial charge in [0.2, 0.25) is 0 Å². The van der Waals surface area contributed by atoms with E-state index < -0.39 is 0 Å². The third-order valence-electron chi connectivity index (χ3n) is 2.95. The highest BCUT2D eigenvalue weighted by atomic mass is 32.1. The van der Waals surface area contributed by atoms with E-state index in [1.807, 2.05) is 12.4 Å². The van der Waals surface area contributed by atoms with Gasteiger partial charge >= 0.3 is 0 Å². The third kappa shape index (κ3) is 2.57. The molecule has 0 fully saturated rings. The summed E-state index contributed by atoms with van der Waals surface area (Å²) in [6.07, 6.45) is 4.66. The molecule has 0 saturated heterocycles. The number of thiophene rings is 1. The van der Waals surface area contributed by atoms with Crippen LogP contribution >= 0.6 is 11.3 Å². The first-order valence-electron chi connectivity index (χ1n) is 5.76. The van der Waals surface area contributed by atoms with Gasteiger partial charge in [0.05, 0.1) is 6.04 Å². The SMILES string of the molecule is CCn1ccnc1CC(NN)c1sccc1C. The quantitative estimate of drug-likeness (QED) is 0.630. The van der Waals surface area contributed by atoms with Crippen LogP contribution in [-0.2, 0) is 13.0 Å². The number of rotatable bonds is 5. The maximum Gasteiger partial charge on any atom is 0.110 e. The molecule has 0 spiro atoms. The molecule has 2 aromatic rings. The standard InChI is InChI=1S/C12H18N4S/c1-3-16-6-5-14-11(16)8-10(15-13)12-9(2)4-7-17-12/h4-7,10,15H,3,8,13H2,1-2H3. The zero-order valence-corrected chi connectivity index (χ0v) is 11.0. The number of nitrogens with zero attached hydrogens (tertiary/aromatic N) is 2. The fourth-order valence-electron chi connectivity index (χ4n) is 1.97. The number of nitrogens with two attached hydrogens (primary N) is 1. The van der Waals surface area contributed by atoms with Crippen LogP contribution in [0.3, 0.4) is 0 Å². The van der Waals surface area contributed by atoms with Crippen molar-refractivity contribution in [3.63, 3.8) is 0 Å². The molecule has 2 aromatic heterocycles. The average Bonchev–Trinajstić information content (AvgIpc) is 2.94. The van der Waals surface area contributed by atoms with Crippen molar-refractivity contribution >= 4 is 11.3 Å². The Labute approximate surface area is 105 Å². The van der Waals surface area contributed by atoms with Crippen LogP contribution in [-0.4, -0.2) is 9.55 Å². The topological polar surface area (TPSA) is 55.9 Å². The highest BCUT2D eigenvalue weighted by Gasteiger charge is 2.16. The molecule has 5 heteroatoms. The lowest BCUT2D eigenvalue weighted by molar-refractivity contribution is 0.528. The molecule has 4 nitrogen and oxygen atoms in total. The van der Waals surface area contributed by atoms with Gasteiger partial charge in [0.25, 0.3) is 0 Å². The van der Waals surface area contributed by atoms with Crippen molar-refractivity contribution in [2.45, 2.75) is 32.9 Å². The second kappa shape index (κ2) is 5.44. The van der Waals surface area contributed by atoms with E-state index in [0.717, 1.165) is 18.8 Å². The van der Waals surface area contributed by atoms with Crippen LogP contribution in [0, 0.1) is 6.92 Å². The fraction of sp³-hybridized carbons (Fsp3) is 0.417. The number of hydrogen-bond acceptors (Lipinski definition) is 4. The van der Waals surface area contributed by atoms with E-state index in [1.165, 1.54) is 10.4 Å². The van der Waals surface area contributed by atoms with Crippen LogP contribution in [0.5, 0.6) is 0 Å². The molecule has 0 radical (unpaired) electrons. The second-order valence-electron chi connectivity index (χ2n) is 4.02. The van der Waals surface area contributed by atoms with Gasteiger partial charge in [-0.2, -0.15) is 0 Å². The third-order valence-corrected chi connectivity index (χ3v) is 4.08. The van der Waals surface area contributed by atoms with Crippen molar-refractivity contribution in [2.75, 3.05) is 0 Å². The van der Waals surface area contributed by atoms with E-state index >= 15 is 0 Å². The van der Waals surface area contributed by atoms with Crippen molar-refractivity contribution in [1.82, 2.24) is 15.0 Å². The summed E-state index contributed by atoms with van der Waals surface area (Å²) >= 11 is 1.74. The molecular weight excluding hydrogens is 232 g/mol. The summed E-state index contributed by atoms with van der Waals surface area (Å²) in [5.74, 6) is 6.73. The largest absolute Gasteiger partial charge is 0.335 e. The molecule has 2 rings (SSSR count). The molecule has 0 saturated carbocycles. The van der Waals surface area contributed by atoms with Gasteiger partial charge in [-0.05, 0) is 30.9 Å². The first-order valence-corrected chi connectivity index (χ1v) is 6.64. The summed E-state index contributed by atoms with van der Waals surface area (Å²) in [5.41, 5.74) is 4.18. The summed E-state index contributed by atoms with van der Waals surface area (Å²) in [6.45, 7) is 5.17. The summed E-state index contributed by atoms with van der Waals surface area (Å²) in [5, 5.41) is 2.10. The Balaban J connectivity index is 2.19. The van der Waals surface area contributed by atoms with Gasteiger partial charge in [0.15, 0.2) is 0 Å². The Kier molecular flexibility index (Phi) is 3.93. The van der Waals surface area contributed by atoms with Gasteiger partial charge in [0.1, 0.15) is 5.82 Å². The number of imidazole rings is 1. The number of aromatic nitrogens is 2. The molecule has 0 amide bonds. The molecule has 2 heterocycles. The number of nitrogens with one attached hydrogen (secondary N) is 1. The van der Waals surface area contributed by atoms with Crippen molar-refractivity contribution < 1.29 is 0 Å². The monoisotopic (exact) mass is 250 g/mol. The fourth-order valence-corrected chi connectivity index (χ4v) is 2.96. The minimum atomic E-state index is 0.141. The van der Waals surface area contributed by atoms with Gasteiger partial charge in [0, 0.05) is 30.2 Å². The zero-order chi connectivity index (χ0) is 12.3. The van der Waals surface area contributed by atoms with E-state index in [9.17, 15) is 0 Å². The molecule has 0 aromatic carbocycles. The van der Waals surface area contributed by atoms with Crippen LogP contribution in [0.15, 0.2) is 23.8 Å². The molecule has 1 atom stereocenters. The Bertz CT molecular complexity index is 474. The summed E-state index contributed by atoms with van der Waals surface area (Å²) in [6, 6.07) is 2.26. The average molecular weight is 250 g/mol. The van der Waals surface area contributed by atoms with Gasteiger partial charge in [-0.15, -0.1) is 11.3 Å². The predicted molar refractivity (Wildman–Crippen MR) is 70.7 cm³/mol. The first kappa shape index (κ1) is 12.3. The van der Waals surface area contributed by atoms with E-state index in [-0.39, 0.29) is 6.04 Å². The number of aryl methyl sites for hydroxylation is 2. The minimum Gasteiger partial charge on any atom is -0.335 e. The van der Waals surface area contributed by atoms with Crippen molar-refractivity contribution in [3.05, 3.63) is 40.1 Å². The maximum absolute atomic E-state index is 5.66. The van der Waals surface area contributed by atoms with Gasteiger partial charge in [-0.3, -0.25) is 11.3 Å². The Morgan fingerprint density at radius 3 is 3.00 bits per heavy atom. The molecule has 92 valence electrons. The van der Waals surface area contributed by atoms with Crippen molar-refractivity contribution in [1.29, 1.82) is 0 Å². The van der Waals surface area contributed by atoms with Gasteiger partial charge in [-0.1, -0.05) is 0 Å². The minimum absolute atomic E-state index is 0.141. The van der Waals surface area contributed by atoms with E-state index in [2.05, 4.69) is 40.3 Å². The van der Waals surface area contributed by atoms with Crippen LogP contribution in [0.2, 0.25) is 0 Å². The zero-order valence-electron chi connectivity index (χ0n) is 10.2. The summed E-state index contributed by atoms with van der Waals surface area (Å²) in [7, 11) is 0. The lowest BCUT2D eigenvalue weighted by Gasteiger charge is -2.15. The summed E-state index contributed by atoms with van der Waals surface area (Å²) in [4.78, 5) is 5.68. The predicted octanol–water partition coefficient (Wildman–Crippen LogP) is 2.02. The molecule has 17 heavy (non-hydrogen) atoms. The van der Waals surface area contributed by atoms with Crippen LogP contribution < -0.4 is 11.3 Å². The molecule has 0 aliphatic rings. The molecule has 0 aliphatic heterocycles. The van der Waals surface area contributed by atoms with Gasteiger partial charge in [-0.25, -0.2) is 4.98 Å². The second-order valence-corrected chi connectivity index (χ2v) is 4.97. The van der Waals surface area contributed by atoms with Crippen LogP contribution in [0.4, 0.5) is 0 Å². The van der Waals surface area contributed by atoms with Crippen LogP contribution in [0.25, 0.3) is 0 Å². The smallest absolute Gasteiger partial charge is 0.110 e. The number of hydrogen-bond donors (Lipinski definition) is 2. The normalized spacial score (nSPS) is 12.9. The Morgan fingerprint density at radius 2 is 2.41 bits per heavy atom. The number of hydrazine groups is 1. The molecule has 0 aliphatic carbocycles. The van der Waals surface area contributed by atoms with E-state index in [1.54, 1.807) is 11.3 Å². The highest BCUT2D eigenvalue weighted by Crippen LogP contribution is 2.25. The van der Waals surface area contributed by atoms with Gasteiger partial charge < -0.3 is 4.57 Å². The lowest BCUT2D eigenvalue weighted by Crippen LogP contribution is -2.30. The highest BCUT2D eigenvalue weighted by molar-refractivity contribution is 7.10. The van der Waals surface area contributed by atoms with Crippen molar-refractivity contribution in [3.8, 4) is 0 Å². The van der Waals surface area contributed by atoms with Crippen LogP contribution in [0.1, 0.15) is 29.2 Å². The lowest BCUT2D eigenvalue weighted by atomic mass is 10.1. The van der Waals surface area contributed by atoms with Crippen molar-refractivity contribution in [2.24, 2.45) is 5.84 Å². The maximum atomic E-state index is 5.66. The van der Waals surface area contributed by atoms with E-state index in [0.29, 0.717) is 0 Å². The summed E-state index contributed by atoms with van der Waals surface area (Å²) < 4.78 is 2.15. The Morgan fingerprint density at radius 1 is 1.59 bits per heavy atom.